The molecule has 0 spiro atoms. The van der Waals surface area contributed by atoms with Crippen LogP contribution in [0.3, 0.4) is 0 Å². The normalized spacial score (nSPS) is 13.0. The molecule has 196 valence electrons. The van der Waals surface area contributed by atoms with E-state index in [1.807, 2.05) is 58.2 Å². The molecule has 1 amide bonds. The van der Waals surface area contributed by atoms with Gasteiger partial charge in [-0.05, 0) is 67.6 Å². The van der Waals surface area contributed by atoms with Gasteiger partial charge in [-0.3, -0.25) is 4.79 Å². The second-order valence-electron chi connectivity index (χ2n) is 9.76. The maximum Gasteiger partial charge on any atom is 0.279 e. The summed E-state index contributed by atoms with van der Waals surface area (Å²) in [6, 6.07) is 12.3. The van der Waals surface area contributed by atoms with Crippen molar-refractivity contribution in [3.63, 3.8) is 0 Å². The summed E-state index contributed by atoms with van der Waals surface area (Å²) >= 11 is 1.46. The molecule has 3 rings (SSSR count). The molecule has 2 aromatic carbocycles. The van der Waals surface area contributed by atoms with E-state index >= 15 is 0 Å². The van der Waals surface area contributed by atoms with Gasteiger partial charge in [-0.25, -0.2) is 8.42 Å². The van der Waals surface area contributed by atoms with Crippen molar-refractivity contribution in [2.45, 2.75) is 53.0 Å². The van der Waals surface area contributed by atoms with Gasteiger partial charge in [-0.15, -0.1) is 0 Å². The summed E-state index contributed by atoms with van der Waals surface area (Å²) in [6.45, 7) is 14.6. The summed E-state index contributed by atoms with van der Waals surface area (Å²) in [4.78, 5) is 18.2. The van der Waals surface area contributed by atoms with Crippen LogP contribution in [0.15, 0.2) is 52.4 Å². The number of hydrogen-bond donors (Lipinski definition) is 0. The van der Waals surface area contributed by atoms with E-state index in [-0.39, 0.29) is 16.7 Å². The van der Waals surface area contributed by atoms with E-state index < -0.39 is 15.9 Å². The average molecular weight is 532 g/mol. The molecule has 0 saturated heterocycles. The summed E-state index contributed by atoms with van der Waals surface area (Å²) in [5.41, 5.74) is 2.49. The Labute approximate surface area is 218 Å². The van der Waals surface area contributed by atoms with Crippen LogP contribution >= 0.6 is 11.3 Å². The van der Waals surface area contributed by atoms with Crippen molar-refractivity contribution >= 4 is 37.5 Å². The third-order valence-corrected chi connectivity index (χ3v) is 8.46. The Balaban J connectivity index is 1.93. The highest BCUT2D eigenvalue weighted by Gasteiger charge is 2.26. The van der Waals surface area contributed by atoms with Crippen LogP contribution in [0.2, 0.25) is 0 Å². The van der Waals surface area contributed by atoms with Gasteiger partial charge in [0.25, 0.3) is 5.91 Å². The van der Waals surface area contributed by atoms with Gasteiger partial charge in [-0.1, -0.05) is 45.1 Å². The zero-order chi connectivity index (χ0) is 26.5. The number of carbonyl (C=O) groups excluding carboxylic acids is 1. The number of thiazole rings is 1. The minimum atomic E-state index is -3.66. The fourth-order valence-corrected chi connectivity index (χ4v) is 6.86. The summed E-state index contributed by atoms with van der Waals surface area (Å²) in [6.07, 6.45) is 0. The van der Waals surface area contributed by atoms with E-state index in [1.54, 1.807) is 12.1 Å². The number of fused-ring (bicyclic) bond motifs is 1. The van der Waals surface area contributed by atoms with Gasteiger partial charge in [0.15, 0.2) is 4.80 Å². The lowest BCUT2D eigenvalue weighted by molar-refractivity contribution is 0.0996. The molecule has 3 aromatic rings. The first-order chi connectivity index (χ1) is 17.0. The minimum absolute atomic E-state index is 0.185. The van der Waals surface area contributed by atoms with Crippen molar-refractivity contribution in [1.29, 1.82) is 0 Å². The van der Waals surface area contributed by atoms with Gasteiger partial charge in [0.2, 0.25) is 10.0 Å². The van der Waals surface area contributed by atoms with Crippen LogP contribution in [0, 0.1) is 18.8 Å². The first-order valence-corrected chi connectivity index (χ1v) is 14.7. The highest BCUT2D eigenvalue weighted by Crippen LogP contribution is 2.21. The van der Waals surface area contributed by atoms with Gasteiger partial charge in [-0.2, -0.15) is 9.30 Å². The SMILES string of the molecule is CCOCCn1c(=NC(=O)c2ccc(S(=O)(=O)N(CC(C)C)CC(C)C)cc2)sc2cc(C)ccc21. The number of carbonyl (C=O) groups is 1. The molecule has 0 aliphatic rings. The highest BCUT2D eigenvalue weighted by molar-refractivity contribution is 7.89. The molecule has 0 aliphatic heterocycles. The van der Waals surface area contributed by atoms with Crippen LogP contribution in [0.5, 0.6) is 0 Å². The maximum absolute atomic E-state index is 13.3. The van der Waals surface area contributed by atoms with Crippen LogP contribution in [0.25, 0.3) is 10.2 Å². The number of nitrogens with zero attached hydrogens (tertiary/aromatic N) is 3. The molecule has 36 heavy (non-hydrogen) atoms. The van der Waals surface area contributed by atoms with Gasteiger partial charge >= 0.3 is 0 Å². The Morgan fingerprint density at radius 3 is 2.28 bits per heavy atom. The predicted octanol–water partition coefficient (Wildman–Crippen LogP) is 5.09. The maximum atomic E-state index is 13.3. The summed E-state index contributed by atoms with van der Waals surface area (Å²) < 4.78 is 36.7. The molecule has 0 N–H and O–H groups in total. The van der Waals surface area contributed by atoms with Crippen molar-refractivity contribution in [2.24, 2.45) is 16.8 Å². The Morgan fingerprint density at radius 1 is 1.06 bits per heavy atom. The Kier molecular flexibility index (Phi) is 9.63. The van der Waals surface area contributed by atoms with Gasteiger partial charge in [0.05, 0.1) is 21.7 Å². The lowest BCUT2D eigenvalue weighted by Gasteiger charge is -2.25. The molecule has 0 bridgehead atoms. The van der Waals surface area contributed by atoms with Gasteiger partial charge < -0.3 is 9.30 Å². The first-order valence-electron chi connectivity index (χ1n) is 12.4. The quantitative estimate of drug-likeness (QED) is 0.323. The topological polar surface area (TPSA) is 81.0 Å². The Hall–Kier alpha value is -2.33. The first kappa shape index (κ1) is 28.2. The molecular weight excluding hydrogens is 494 g/mol. The number of amides is 1. The van der Waals surface area contributed by atoms with Crippen LogP contribution < -0.4 is 4.80 Å². The molecule has 0 atom stereocenters. The van der Waals surface area contributed by atoms with Crippen LogP contribution in [0.4, 0.5) is 0 Å². The van der Waals surface area contributed by atoms with E-state index in [0.29, 0.717) is 43.2 Å². The fourth-order valence-electron chi connectivity index (χ4n) is 3.94. The number of benzene rings is 2. The smallest absolute Gasteiger partial charge is 0.279 e. The predicted molar refractivity (Wildman–Crippen MR) is 146 cm³/mol. The summed E-state index contributed by atoms with van der Waals surface area (Å²) in [5, 5.41) is 0. The lowest BCUT2D eigenvalue weighted by Crippen LogP contribution is -2.37. The number of rotatable bonds is 11. The minimum Gasteiger partial charge on any atom is -0.380 e. The van der Waals surface area contributed by atoms with E-state index in [4.69, 9.17) is 4.74 Å². The largest absolute Gasteiger partial charge is 0.380 e. The molecule has 1 aromatic heterocycles. The second kappa shape index (κ2) is 12.3. The van der Waals surface area contributed by atoms with Gasteiger partial charge in [0.1, 0.15) is 0 Å². The number of ether oxygens (including phenoxy) is 1. The Morgan fingerprint density at radius 2 is 1.69 bits per heavy atom. The van der Waals surface area contributed by atoms with E-state index in [1.165, 1.54) is 27.8 Å². The number of aromatic nitrogens is 1. The molecule has 9 heteroatoms. The van der Waals surface area contributed by atoms with Crippen LogP contribution in [-0.4, -0.2) is 49.5 Å². The molecule has 0 fully saturated rings. The Bertz CT molecular complexity index is 1340. The molecule has 0 aliphatic carbocycles. The van der Waals surface area contributed by atoms with Gasteiger partial charge in [0, 0.05) is 31.8 Å². The zero-order valence-electron chi connectivity index (χ0n) is 22.0. The lowest BCUT2D eigenvalue weighted by atomic mass is 10.2. The number of aryl methyl sites for hydroxylation is 1. The molecule has 0 radical (unpaired) electrons. The van der Waals surface area contributed by atoms with Crippen molar-refractivity contribution < 1.29 is 17.9 Å². The van der Waals surface area contributed by atoms with Crippen molar-refractivity contribution in [1.82, 2.24) is 8.87 Å². The zero-order valence-corrected chi connectivity index (χ0v) is 23.7. The van der Waals surface area contributed by atoms with E-state index in [9.17, 15) is 13.2 Å². The standard InChI is InChI=1S/C27H37N3O4S2/c1-7-34-15-14-30-24-13-8-21(6)16-25(24)35-27(30)28-26(31)22-9-11-23(12-10-22)36(32,33)29(17-19(2)3)18-20(4)5/h8-13,16,19-20H,7,14-15,17-18H2,1-6H3. The fraction of sp³-hybridized carbons (Fsp3) is 0.481. The molecular formula is C27H37N3O4S2. The monoisotopic (exact) mass is 531 g/mol. The average Bonchev–Trinajstić information content (AvgIpc) is 3.14. The molecule has 7 nitrogen and oxygen atoms in total. The summed E-state index contributed by atoms with van der Waals surface area (Å²) in [7, 11) is -3.66. The number of hydrogen-bond acceptors (Lipinski definition) is 5. The van der Waals surface area contributed by atoms with Crippen molar-refractivity contribution in [2.75, 3.05) is 26.3 Å². The van der Waals surface area contributed by atoms with Crippen LogP contribution in [0.1, 0.15) is 50.5 Å². The molecule has 1 heterocycles. The number of sulfonamides is 1. The van der Waals surface area contributed by atoms with E-state index in [2.05, 4.69) is 11.1 Å². The second-order valence-corrected chi connectivity index (χ2v) is 12.7. The van der Waals surface area contributed by atoms with E-state index in [0.717, 1.165) is 15.8 Å². The third-order valence-electron chi connectivity index (χ3n) is 5.58. The highest BCUT2D eigenvalue weighted by atomic mass is 32.2. The molecule has 0 unspecified atom stereocenters. The van der Waals surface area contributed by atoms with Crippen LogP contribution in [-0.2, 0) is 21.3 Å². The molecule has 0 saturated carbocycles. The van der Waals surface area contributed by atoms with Crippen molar-refractivity contribution in [3.05, 3.63) is 58.4 Å². The van der Waals surface area contributed by atoms with Crippen molar-refractivity contribution in [3.8, 4) is 0 Å². The summed E-state index contributed by atoms with van der Waals surface area (Å²) in [5.74, 6) is 0.00370. The third kappa shape index (κ3) is 6.91.